The standard InChI is InChI=1S/C19H32N4O4/c1-2-21(13-17(24)25)16-10-15(11-16)20-18(26)14-6-5-9-23(12-14)19(27)22-7-3-4-8-22/h14-16H,2-13H2,1H3,(H,20,26)(H,24,25). The third-order valence-electron chi connectivity index (χ3n) is 6.16. The molecule has 1 unspecified atom stereocenters. The van der Waals surface area contributed by atoms with E-state index < -0.39 is 5.97 Å². The van der Waals surface area contributed by atoms with Gasteiger partial charge in [0, 0.05) is 38.3 Å². The summed E-state index contributed by atoms with van der Waals surface area (Å²) in [4.78, 5) is 41.8. The van der Waals surface area contributed by atoms with E-state index in [-0.39, 0.29) is 36.5 Å². The Kier molecular flexibility index (Phi) is 6.57. The van der Waals surface area contributed by atoms with Crippen LogP contribution in [0.5, 0.6) is 0 Å². The molecule has 152 valence electrons. The van der Waals surface area contributed by atoms with Crippen LogP contribution in [-0.4, -0.2) is 89.1 Å². The van der Waals surface area contributed by atoms with E-state index in [4.69, 9.17) is 5.11 Å². The number of carboxylic acid groups (broad SMARTS) is 1. The third kappa shape index (κ3) is 4.91. The molecule has 0 bridgehead atoms. The number of rotatable bonds is 6. The molecule has 0 aromatic heterocycles. The van der Waals surface area contributed by atoms with Gasteiger partial charge in [0.15, 0.2) is 0 Å². The summed E-state index contributed by atoms with van der Waals surface area (Å²) in [6.45, 7) is 5.64. The molecule has 8 heteroatoms. The number of nitrogens with one attached hydrogen (secondary N) is 1. The maximum Gasteiger partial charge on any atom is 0.320 e. The molecule has 27 heavy (non-hydrogen) atoms. The highest BCUT2D eigenvalue weighted by molar-refractivity contribution is 5.81. The molecule has 8 nitrogen and oxygen atoms in total. The molecule has 0 spiro atoms. The molecule has 2 heterocycles. The van der Waals surface area contributed by atoms with Crippen molar-refractivity contribution in [1.82, 2.24) is 20.0 Å². The zero-order valence-corrected chi connectivity index (χ0v) is 16.2. The predicted octanol–water partition coefficient (Wildman–Crippen LogP) is 0.968. The first-order chi connectivity index (χ1) is 13.0. The lowest BCUT2D eigenvalue weighted by Gasteiger charge is -2.43. The van der Waals surface area contributed by atoms with Crippen LogP contribution < -0.4 is 5.32 Å². The molecule has 1 saturated carbocycles. The van der Waals surface area contributed by atoms with Crippen LogP contribution in [0, 0.1) is 5.92 Å². The van der Waals surface area contributed by atoms with Gasteiger partial charge in [0.05, 0.1) is 12.5 Å². The van der Waals surface area contributed by atoms with Crippen LogP contribution in [0.25, 0.3) is 0 Å². The van der Waals surface area contributed by atoms with Crippen LogP contribution in [0.2, 0.25) is 0 Å². The maximum atomic E-state index is 12.6. The van der Waals surface area contributed by atoms with Gasteiger partial charge in [-0.3, -0.25) is 14.5 Å². The minimum absolute atomic E-state index is 0.0404. The number of hydrogen-bond donors (Lipinski definition) is 2. The Morgan fingerprint density at radius 3 is 2.37 bits per heavy atom. The summed E-state index contributed by atoms with van der Waals surface area (Å²) in [5, 5.41) is 12.1. The second-order valence-electron chi connectivity index (χ2n) is 8.05. The van der Waals surface area contributed by atoms with Gasteiger partial charge < -0.3 is 20.2 Å². The zero-order chi connectivity index (χ0) is 19.4. The van der Waals surface area contributed by atoms with Gasteiger partial charge in [0.25, 0.3) is 0 Å². The van der Waals surface area contributed by atoms with Gasteiger partial charge in [-0.05, 0) is 45.1 Å². The fourth-order valence-corrected chi connectivity index (χ4v) is 4.47. The van der Waals surface area contributed by atoms with Crippen molar-refractivity contribution in [2.45, 2.75) is 57.5 Å². The number of carbonyl (C=O) groups is 3. The first kappa shape index (κ1) is 19.9. The van der Waals surface area contributed by atoms with Crippen LogP contribution in [0.4, 0.5) is 4.79 Å². The van der Waals surface area contributed by atoms with Crippen molar-refractivity contribution < 1.29 is 19.5 Å². The van der Waals surface area contributed by atoms with E-state index in [2.05, 4.69) is 5.32 Å². The van der Waals surface area contributed by atoms with Crippen molar-refractivity contribution in [3.63, 3.8) is 0 Å². The topological polar surface area (TPSA) is 93.2 Å². The van der Waals surface area contributed by atoms with Gasteiger partial charge in [0.2, 0.25) is 5.91 Å². The summed E-state index contributed by atoms with van der Waals surface area (Å²) in [6.07, 6.45) is 5.44. The van der Waals surface area contributed by atoms with E-state index in [1.165, 1.54) is 0 Å². The normalized spacial score (nSPS) is 28.1. The minimum Gasteiger partial charge on any atom is -0.480 e. The SMILES string of the molecule is CCN(CC(=O)O)C1CC(NC(=O)C2CCCN(C(=O)N3CCCC3)C2)C1. The van der Waals surface area contributed by atoms with E-state index >= 15 is 0 Å². The smallest absolute Gasteiger partial charge is 0.320 e. The van der Waals surface area contributed by atoms with Crippen molar-refractivity contribution in [3.8, 4) is 0 Å². The highest BCUT2D eigenvalue weighted by atomic mass is 16.4. The monoisotopic (exact) mass is 380 g/mol. The van der Waals surface area contributed by atoms with Crippen LogP contribution >= 0.6 is 0 Å². The van der Waals surface area contributed by atoms with Gasteiger partial charge in [-0.1, -0.05) is 6.92 Å². The van der Waals surface area contributed by atoms with E-state index in [0.29, 0.717) is 13.1 Å². The Balaban J connectivity index is 1.43. The van der Waals surface area contributed by atoms with Crippen LogP contribution in [0.3, 0.4) is 0 Å². The molecule has 1 atom stereocenters. The summed E-state index contributed by atoms with van der Waals surface area (Å²) in [5.41, 5.74) is 0. The van der Waals surface area contributed by atoms with Crippen LogP contribution in [0.1, 0.15) is 45.4 Å². The zero-order valence-electron chi connectivity index (χ0n) is 16.2. The lowest BCUT2D eigenvalue weighted by atomic mass is 9.84. The number of carboxylic acids is 1. The Hall–Kier alpha value is -1.83. The first-order valence-electron chi connectivity index (χ1n) is 10.3. The molecule has 3 rings (SSSR count). The Morgan fingerprint density at radius 2 is 1.74 bits per heavy atom. The summed E-state index contributed by atoms with van der Waals surface area (Å²) < 4.78 is 0. The van der Waals surface area contributed by atoms with Crippen LogP contribution in [0.15, 0.2) is 0 Å². The van der Waals surface area contributed by atoms with Gasteiger partial charge >= 0.3 is 12.0 Å². The number of hydrogen-bond acceptors (Lipinski definition) is 4. The number of carbonyl (C=O) groups excluding carboxylic acids is 2. The molecule has 3 amide bonds. The molecule has 2 N–H and O–H groups in total. The average Bonchev–Trinajstić information content (AvgIpc) is 3.16. The van der Waals surface area contributed by atoms with E-state index in [1.807, 2.05) is 21.6 Å². The van der Waals surface area contributed by atoms with Crippen LogP contribution in [-0.2, 0) is 9.59 Å². The number of amides is 3. The largest absolute Gasteiger partial charge is 0.480 e. The number of aliphatic carboxylic acids is 1. The summed E-state index contributed by atoms with van der Waals surface area (Å²) in [5.74, 6) is -0.904. The Bertz CT molecular complexity index is 558. The number of piperidine rings is 1. The molecule has 2 saturated heterocycles. The van der Waals surface area contributed by atoms with Crippen molar-refractivity contribution in [2.75, 3.05) is 39.3 Å². The van der Waals surface area contributed by atoms with Crippen molar-refractivity contribution >= 4 is 17.9 Å². The maximum absolute atomic E-state index is 12.6. The predicted molar refractivity (Wildman–Crippen MR) is 100 cm³/mol. The molecule has 0 radical (unpaired) electrons. The number of urea groups is 1. The lowest BCUT2D eigenvalue weighted by molar-refractivity contribution is -0.140. The molecule has 3 aliphatic rings. The van der Waals surface area contributed by atoms with Gasteiger partial charge in [-0.15, -0.1) is 0 Å². The van der Waals surface area contributed by atoms with Crippen molar-refractivity contribution in [3.05, 3.63) is 0 Å². The molecule has 2 aliphatic heterocycles. The third-order valence-corrected chi connectivity index (χ3v) is 6.16. The quantitative estimate of drug-likeness (QED) is 0.716. The second kappa shape index (κ2) is 8.91. The number of nitrogens with zero attached hydrogens (tertiary/aromatic N) is 3. The highest BCUT2D eigenvalue weighted by Crippen LogP contribution is 2.27. The Morgan fingerprint density at radius 1 is 1.07 bits per heavy atom. The second-order valence-corrected chi connectivity index (χ2v) is 8.05. The van der Waals surface area contributed by atoms with E-state index in [9.17, 15) is 14.4 Å². The average molecular weight is 380 g/mol. The summed E-state index contributed by atoms with van der Waals surface area (Å²) in [7, 11) is 0. The van der Waals surface area contributed by atoms with Crippen molar-refractivity contribution in [1.29, 1.82) is 0 Å². The Labute approximate surface area is 160 Å². The molecule has 0 aromatic carbocycles. The molecule has 3 fully saturated rings. The summed E-state index contributed by atoms with van der Waals surface area (Å²) in [6, 6.07) is 0.437. The molecule has 0 aromatic rings. The van der Waals surface area contributed by atoms with Gasteiger partial charge in [-0.25, -0.2) is 4.79 Å². The fourth-order valence-electron chi connectivity index (χ4n) is 4.47. The highest BCUT2D eigenvalue weighted by Gasteiger charge is 2.37. The first-order valence-corrected chi connectivity index (χ1v) is 10.3. The van der Waals surface area contributed by atoms with Gasteiger partial charge in [0.1, 0.15) is 0 Å². The lowest BCUT2D eigenvalue weighted by Crippen LogP contribution is -2.57. The van der Waals surface area contributed by atoms with Gasteiger partial charge in [-0.2, -0.15) is 0 Å². The van der Waals surface area contributed by atoms with E-state index in [1.54, 1.807) is 0 Å². The molecular weight excluding hydrogens is 348 g/mol. The van der Waals surface area contributed by atoms with E-state index in [0.717, 1.165) is 58.2 Å². The summed E-state index contributed by atoms with van der Waals surface area (Å²) >= 11 is 0. The number of likely N-dealkylation sites (tertiary alicyclic amines) is 2. The fraction of sp³-hybridized carbons (Fsp3) is 0.842. The van der Waals surface area contributed by atoms with Crippen molar-refractivity contribution in [2.24, 2.45) is 5.92 Å². The molecule has 1 aliphatic carbocycles. The minimum atomic E-state index is -0.811. The number of likely N-dealkylation sites (N-methyl/N-ethyl adjacent to an activating group) is 1. The molecular formula is C19H32N4O4.